The number of piperidine rings is 1. The van der Waals surface area contributed by atoms with E-state index in [2.05, 4.69) is 20.6 Å². The number of hydrogen-bond acceptors (Lipinski definition) is 5. The van der Waals surface area contributed by atoms with Crippen LogP contribution in [0.5, 0.6) is 11.6 Å². The molecule has 1 aromatic carbocycles. The van der Waals surface area contributed by atoms with Crippen LogP contribution in [-0.4, -0.2) is 29.0 Å². The molecule has 1 aromatic heterocycles. The molecule has 0 bridgehead atoms. The van der Waals surface area contributed by atoms with E-state index in [1.165, 1.54) is 6.92 Å². The number of amides is 1. The zero-order valence-corrected chi connectivity index (χ0v) is 13.1. The predicted octanol–water partition coefficient (Wildman–Crippen LogP) is 2.69. The Hall–Kier alpha value is -2.47. The minimum Gasteiger partial charge on any atom is -0.437 e. The van der Waals surface area contributed by atoms with E-state index in [0.29, 0.717) is 23.2 Å². The van der Waals surface area contributed by atoms with E-state index in [9.17, 15) is 4.79 Å². The number of hydrogen-bond donors (Lipinski definition) is 2. The maximum absolute atomic E-state index is 11.2. The van der Waals surface area contributed by atoms with Gasteiger partial charge in [0.1, 0.15) is 11.4 Å². The second kappa shape index (κ2) is 7.19. The highest BCUT2D eigenvalue weighted by atomic mass is 16.5. The number of ether oxygens (including phenoxy) is 1. The summed E-state index contributed by atoms with van der Waals surface area (Å²) in [5.41, 5.74) is 1.60. The molecule has 120 valence electrons. The van der Waals surface area contributed by atoms with Gasteiger partial charge in [0.15, 0.2) is 0 Å². The first-order valence-electron chi connectivity index (χ1n) is 7.79. The fourth-order valence-electron chi connectivity index (χ4n) is 2.74. The molecule has 2 aromatic rings. The van der Waals surface area contributed by atoms with Gasteiger partial charge in [-0.05, 0) is 38.1 Å². The van der Waals surface area contributed by atoms with Crippen LogP contribution in [-0.2, 0) is 4.79 Å². The molecule has 6 heteroatoms. The minimum atomic E-state index is -0.114. The molecule has 2 heterocycles. The number of nitrogens with one attached hydrogen (secondary N) is 2. The monoisotopic (exact) mass is 312 g/mol. The zero-order valence-electron chi connectivity index (χ0n) is 13.1. The lowest BCUT2D eigenvalue weighted by Crippen LogP contribution is -2.27. The highest BCUT2D eigenvalue weighted by Crippen LogP contribution is 2.32. The molecule has 1 aliphatic heterocycles. The molecule has 1 amide bonds. The second-order valence-corrected chi connectivity index (χ2v) is 5.58. The van der Waals surface area contributed by atoms with Crippen LogP contribution >= 0.6 is 0 Å². The number of benzene rings is 1. The van der Waals surface area contributed by atoms with Crippen LogP contribution in [0.1, 0.15) is 31.4 Å². The van der Waals surface area contributed by atoms with Crippen molar-refractivity contribution in [1.29, 1.82) is 0 Å². The van der Waals surface area contributed by atoms with Crippen molar-refractivity contribution >= 4 is 11.6 Å². The summed E-state index contributed by atoms with van der Waals surface area (Å²) in [5, 5.41) is 6.10. The lowest BCUT2D eigenvalue weighted by molar-refractivity contribution is -0.114. The van der Waals surface area contributed by atoms with E-state index in [1.54, 1.807) is 18.5 Å². The maximum Gasteiger partial charge on any atom is 0.241 e. The Morgan fingerprint density at radius 2 is 2.04 bits per heavy atom. The second-order valence-electron chi connectivity index (χ2n) is 5.58. The highest BCUT2D eigenvalue weighted by molar-refractivity contribution is 5.88. The third-order valence-electron chi connectivity index (χ3n) is 3.79. The van der Waals surface area contributed by atoms with Crippen molar-refractivity contribution in [3.05, 3.63) is 42.4 Å². The number of anilines is 1. The molecule has 0 spiro atoms. The van der Waals surface area contributed by atoms with Crippen LogP contribution in [0.2, 0.25) is 0 Å². The molecular formula is C17H20N4O2. The van der Waals surface area contributed by atoms with Crippen LogP contribution < -0.4 is 15.4 Å². The molecule has 0 radical (unpaired) electrons. The third-order valence-corrected chi connectivity index (χ3v) is 3.79. The Balaban J connectivity index is 1.81. The van der Waals surface area contributed by atoms with E-state index in [4.69, 9.17) is 4.74 Å². The predicted molar refractivity (Wildman–Crippen MR) is 87.7 cm³/mol. The Labute approximate surface area is 135 Å². The van der Waals surface area contributed by atoms with Crippen molar-refractivity contribution in [3.8, 4) is 11.6 Å². The van der Waals surface area contributed by atoms with Crippen LogP contribution in [0.3, 0.4) is 0 Å². The van der Waals surface area contributed by atoms with Gasteiger partial charge in [0.2, 0.25) is 11.8 Å². The Bertz CT molecular complexity index is 684. The maximum atomic E-state index is 11.2. The van der Waals surface area contributed by atoms with Gasteiger partial charge in [0.05, 0.1) is 0 Å². The summed E-state index contributed by atoms with van der Waals surface area (Å²) in [6.07, 6.45) is 5.40. The molecule has 0 atom stereocenters. The Morgan fingerprint density at radius 1 is 1.26 bits per heavy atom. The van der Waals surface area contributed by atoms with Crippen LogP contribution in [0, 0.1) is 0 Å². The summed E-state index contributed by atoms with van der Waals surface area (Å²) >= 11 is 0. The van der Waals surface area contributed by atoms with Gasteiger partial charge in [-0.1, -0.05) is 6.07 Å². The summed E-state index contributed by atoms with van der Waals surface area (Å²) < 4.78 is 5.94. The molecule has 0 unspecified atom stereocenters. The average Bonchev–Trinajstić information content (AvgIpc) is 2.56. The number of aromatic nitrogens is 2. The molecule has 1 saturated heterocycles. The summed E-state index contributed by atoms with van der Waals surface area (Å²) in [7, 11) is 0. The van der Waals surface area contributed by atoms with Crippen molar-refractivity contribution in [2.24, 2.45) is 0 Å². The molecular weight excluding hydrogens is 292 g/mol. The summed E-state index contributed by atoms with van der Waals surface area (Å²) in [6.45, 7) is 3.45. The van der Waals surface area contributed by atoms with Gasteiger partial charge in [-0.2, -0.15) is 0 Å². The van der Waals surface area contributed by atoms with Gasteiger partial charge in [0, 0.05) is 37.0 Å². The molecule has 0 aliphatic carbocycles. The van der Waals surface area contributed by atoms with E-state index in [1.807, 2.05) is 18.2 Å². The minimum absolute atomic E-state index is 0.114. The molecule has 1 aliphatic rings. The van der Waals surface area contributed by atoms with Gasteiger partial charge < -0.3 is 15.4 Å². The summed E-state index contributed by atoms with van der Waals surface area (Å²) in [6, 6.07) is 7.27. The number of carbonyl (C=O) groups is 1. The first-order valence-corrected chi connectivity index (χ1v) is 7.79. The van der Waals surface area contributed by atoms with Crippen molar-refractivity contribution < 1.29 is 9.53 Å². The van der Waals surface area contributed by atoms with E-state index in [0.717, 1.165) is 31.6 Å². The van der Waals surface area contributed by atoms with Gasteiger partial charge in [-0.3, -0.25) is 9.78 Å². The van der Waals surface area contributed by atoms with E-state index < -0.39 is 0 Å². The normalized spacial score (nSPS) is 15.2. The van der Waals surface area contributed by atoms with Crippen molar-refractivity contribution in [1.82, 2.24) is 15.3 Å². The van der Waals surface area contributed by atoms with Gasteiger partial charge in [-0.25, -0.2) is 4.98 Å². The van der Waals surface area contributed by atoms with Crippen LogP contribution in [0.15, 0.2) is 36.7 Å². The fourth-order valence-corrected chi connectivity index (χ4v) is 2.74. The van der Waals surface area contributed by atoms with E-state index >= 15 is 0 Å². The quantitative estimate of drug-likeness (QED) is 0.908. The van der Waals surface area contributed by atoms with Crippen LogP contribution in [0.4, 0.5) is 5.69 Å². The smallest absolute Gasteiger partial charge is 0.241 e. The lowest BCUT2D eigenvalue weighted by Gasteiger charge is -2.23. The largest absolute Gasteiger partial charge is 0.437 e. The highest BCUT2D eigenvalue weighted by Gasteiger charge is 2.21. The van der Waals surface area contributed by atoms with Crippen molar-refractivity contribution in [2.75, 3.05) is 18.4 Å². The Kier molecular flexibility index (Phi) is 4.83. The average molecular weight is 312 g/mol. The fraction of sp³-hybridized carbons (Fsp3) is 0.353. The molecule has 23 heavy (non-hydrogen) atoms. The number of rotatable bonds is 4. The topological polar surface area (TPSA) is 76.1 Å². The van der Waals surface area contributed by atoms with Crippen LogP contribution in [0.25, 0.3) is 0 Å². The molecule has 1 fully saturated rings. The molecule has 0 saturated carbocycles. The molecule has 6 nitrogen and oxygen atoms in total. The summed E-state index contributed by atoms with van der Waals surface area (Å²) in [5.74, 6) is 1.42. The SMILES string of the molecule is CC(=O)Nc1cccc(Oc2nccnc2C2CCNCC2)c1. The lowest BCUT2D eigenvalue weighted by atomic mass is 9.94. The zero-order chi connectivity index (χ0) is 16.1. The van der Waals surface area contributed by atoms with Gasteiger partial charge in [0.25, 0.3) is 0 Å². The van der Waals surface area contributed by atoms with Crippen molar-refractivity contribution in [3.63, 3.8) is 0 Å². The summed E-state index contributed by atoms with van der Waals surface area (Å²) in [4.78, 5) is 20.0. The standard InChI is InChI=1S/C17H20N4O2/c1-12(22)21-14-3-2-4-15(11-14)23-17-16(19-9-10-20-17)13-5-7-18-8-6-13/h2-4,9-11,13,18H,5-8H2,1H3,(H,21,22). The van der Waals surface area contributed by atoms with E-state index in [-0.39, 0.29) is 5.91 Å². The number of nitrogens with zero attached hydrogens (tertiary/aromatic N) is 2. The molecule has 3 rings (SSSR count). The molecule has 2 N–H and O–H groups in total. The first-order chi connectivity index (χ1) is 11.2. The first kappa shape index (κ1) is 15.4. The van der Waals surface area contributed by atoms with Crippen molar-refractivity contribution in [2.45, 2.75) is 25.7 Å². The number of carbonyl (C=O) groups excluding carboxylic acids is 1. The van der Waals surface area contributed by atoms with Gasteiger partial charge in [-0.15, -0.1) is 0 Å². The Morgan fingerprint density at radius 3 is 2.83 bits per heavy atom. The third kappa shape index (κ3) is 4.04. The van der Waals surface area contributed by atoms with Gasteiger partial charge >= 0.3 is 0 Å².